The predicted molar refractivity (Wildman–Crippen MR) is 169 cm³/mol. The van der Waals surface area contributed by atoms with Crippen LogP contribution in [0.15, 0.2) is 54.1 Å². The number of phenols is 1. The van der Waals surface area contributed by atoms with Crippen molar-refractivity contribution in [3.8, 4) is 11.5 Å². The van der Waals surface area contributed by atoms with E-state index in [1.807, 2.05) is 0 Å². The fourth-order valence-electron chi connectivity index (χ4n) is 6.83. The number of aromatic amines is 1. The van der Waals surface area contributed by atoms with Gasteiger partial charge in [0, 0.05) is 38.7 Å². The van der Waals surface area contributed by atoms with Gasteiger partial charge in [-0.2, -0.15) is 0 Å². The first-order chi connectivity index (χ1) is 20.7. The van der Waals surface area contributed by atoms with E-state index in [2.05, 4.69) is 41.8 Å². The largest absolute Gasteiger partial charge is 0.504 e. The minimum absolute atomic E-state index is 0.0584. The Kier molecular flexibility index (Phi) is 11.4. The number of carbonyl (C=O) groups is 2. The van der Waals surface area contributed by atoms with Gasteiger partial charge in [0.2, 0.25) is 0 Å². The number of esters is 1. The van der Waals surface area contributed by atoms with Gasteiger partial charge >= 0.3 is 5.97 Å². The minimum Gasteiger partial charge on any atom is -0.504 e. The molecule has 8 nitrogen and oxygen atoms in total. The van der Waals surface area contributed by atoms with Gasteiger partial charge in [0.1, 0.15) is 11.9 Å². The molecule has 5 N–H and O–H groups in total. The van der Waals surface area contributed by atoms with Crippen molar-refractivity contribution in [3.63, 3.8) is 0 Å². The number of hydrogen-bond acceptors (Lipinski definition) is 7. The minimum atomic E-state index is -0.426. The SMILES string of the molecule is CC[C@H](CC[C@H](CC(=O)CCc1ccc(O)c(OC)c1)OC(C)=O)Cc1c[nH]cc1CC1(C2=CCNC(N)=C2)CCCC1. The van der Waals surface area contributed by atoms with Gasteiger partial charge in [0.15, 0.2) is 11.5 Å². The van der Waals surface area contributed by atoms with E-state index in [4.69, 9.17) is 15.2 Å². The molecule has 1 aromatic heterocycles. The third kappa shape index (κ3) is 8.91. The number of carbonyl (C=O) groups excluding carboxylic acids is 2. The average molecular weight is 592 g/mol. The topological polar surface area (TPSA) is 127 Å². The van der Waals surface area contributed by atoms with Crippen LogP contribution in [0, 0.1) is 11.3 Å². The molecule has 0 spiro atoms. The maximum absolute atomic E-state index is 12.9. The molecule has 1 saturated carbocycles. The number of aromatic nitrogens is 1. The highest BCUT2D eigenvalue weighted by Gasteiger charge is 2.38. The lowest BCUT2D eigenvalue weighted by molar-refractivity contribution is -0.148. The number of H-pyrrole nitrogens is 1. The number of nitrogens with one attached hydrogen (secondary N) is 2. The quantitative estimate of drug-likeness (QED) is 0.176. The summed E-state index contributed by atoms with van der Waals surface area (Å²) in [6.07, 6.45) is 18.8. The van der Waals surface area contributed by atoms with Crippen LogP contribution in [0.3, 0.4) is 0 Å². The number of hydrogen-bond donors (Lipinski definition) is 4. The van der Waals surface area contributed by atoms with Crippen LogP contribution in [0.25, 0.3) is 0 Å². The molecule has 1 fully saturated rings. The molecule has 43 heavy (non-hydrogen) atoms. The van der Waals surface area contributed by atoms with Crippen molar-refractivity contribution in [1.82, 2.24) is 10.3 Å². The Labute approximate surface area is 256 Å². The van der Waals surface area contributed by atoms with Crippen LogP contribution < -0.4 is 15.8 Å². The Morgan fingerprint density at radius 2 is 1.91 bits per heavy atom. The predicted octanol–water partition coefficient (Wildman–Crippen LogP) is 6.03. The van der Waals surface area contributed by atoms with Gasteiger partial charge in [0.25, 0.3) is 0 Å². The number of rotatable bonds is 16. The fourth-order valence-corrected chi connectivity index (χ4v) is 6.83. The number of nitrogens with two attached hydrogens (primary N) is 1. The van der Waals surface area contributed by atoms with Crippen molar-refractivity contribution < 1.29 is 24.2 Å². The Balaban J connectivity index is 1.34. The van der Waals surface area contributed by atoms with Crippen molar-refractivity contribution in [1.29, 1.82) is 0 Å². The zero-order chi connectivity index (χ0) is 30.8. The molecular formula is C35H49N3O5. The number of dihydropyridines is 1. The summed E-state index contributed by atoms with van der Waals surface area (Å²) >= 11 is 0. The van der Waals surface area contributed by atoms with Crippen LogP contribution in [-0.4, -0.2) is 41.6 Å². The molecule has 0 saturated heterocycles. The number of phenolic OH excluding ortho intramolecular Hbond substituents is 1. The normalized spacial score (nSPS) is 17.4. The standard InChI is InChI=1S/C35H49N3O5/c1-4-25(8-11-31(43-24(2)39)20-30(40)10-7-26-9-12-32(41)33(18-26)42-3)17-27-22-37-23-28(27)21-35(14-5-6-15-35)29-13-16-38-34(36)19-29/h9,12-13,18-19,22-23,25,31,37-38,41H,4-8,10-11,14-17,20-21,36H2,1-3H3/t25-,31-/m1/s1. The summed E-state index contributed by atoms with van der Waals surface area (Å²) in [5, 5.41) is 13.0. The van der Waals surface area contributed by atoms with Gasteiger partial charge < -0.3 is 30.6 Å². The van der Waals surface area contributed by atoms with E-state index in [-0.39, 0.29) is 29.3 Å². The molecule has 1 aromatic carbocycles. The van der Waals surface area contributed by atoms with Crippen molar-refractivity contribution in [2.24, 2.45) is 17.1 Å². The molecule has 0 amide bonds. The first-order valence-electron chi connectivity index (χ1n) is 15.8. The summed E-state index contributed by atoms with van der Waals surface area (Å²) in [6.45, 7) is 4.40. The van der Waals surface area contributed by atoms with Crippen LogP contribution in [0.2, 0.25) is 0 Å². The van der Waals surface area contributed by atoms with Gasteiger partial charge in [-0.05, 0) is 96.8 Å². The average Bonchev–Trinajstić information content (AvgIpc) is 3.64. The smallest absolute Gasteiger partial charge is 0.302 e. The van der Waals surface area contributed by atoms with Crippen molar-refractivity contribution in [3.05, 3.63) is 70.8 Å². The number of benzene rings is 1. The molecule has 1 aliphatic heterocycles. The second-order valence-electron chi connectivity index (χ2n) is 12.3. The van der Waals surface area contributed by atoms with Crippen molar-refractivity contribution >= 4 is 11.8 Å². The Bertz CT molecular complexity index is 1300. The Hall–Kier alpha value is -3.68. The summed E-state index contributed by atoms with van der Waals surface area (Å²) in [6, 6.07) is 5.11. The Morgan fingerprint density at radius 3 is 2.60 bits per heavy atom. The lowest BCUT2D eigenvalue weighted by Crippen LogP contribution is -2.30. The maximum Gasteiger partial charge on any atom is 0.302 e. The monoisotopic (exact) mass is 591 g/mol. The van der Waals surface area contributed by atoms with E-state index in [0.29, 0.717) is 30.9 Å². The zero-order valence-electron chi connectivity index (χ0n) is 26.0. The summed E-state index contributed by atoms with van der Waals surface area (Å²) in [5.74, 6) is 1.34. The van der Waals surface area contributed by atoms with Crippen molar-refractivity contribution in [2.75, 3.05) is 13.7 Å². The second-order valence-corrected chi connectivity index (χ2v) is 12.3. The van der Waals surface area contributed by atoms with Gasteiger partial charge in [0.05, 0.1) is 12.9 Å². The van der Waals surface area contributed by atoms with Gasteiger partial charge in [-0.3, -0.25) is 9.59 Å². The van der Waals surface area contributed by atoms with E-state index < -0.39 is 6.10 Å². The summed E-state index contributed by atoms with van der Waals surface area (Å²) in [4.78, 5) is 28.2. The third-order valence-electron chi connectivity index (χ3n) is 9.28. The van der Waals surface area contributed by atoms with Crippen LogP contribution >= 0.6 is 0 Å². The first-order valence-corrected chi connectivity index (χ1v) is 15.8. The maximum atomic E-state index is 12.9. The summed E-state index contributed by atoms with van der Waals surface area (Å²) in [5.41, 5.74) is 11.3. The number of ether oxygens (including phenoxy) is 2. The Morgan fingerprint density at radius 1 is 1.14 bits per heavy atom. The zero-order valence-corrected chi connectivity index (χ0v) is 26.0. The number of aromatic hydroxyl groups is 1. The van der Waals surface area contributed by atoms with Gasteiger partial charge in [-0.15, -0.1) is 0 Å². The fraction of sp³-hybridized carbons (Fsp3) is 0.543. The molecule has 8 heteroatoms. The molecule has 2 atom stereocenters. The molecule has 0 radical (unpaired) electrons. The highest BCUT2D eigenvalue weighted by molar-refractivity contribution is 5.79. The molecule has 234 valence electrons. The van der Waals surface area contributed by atoms with Crippen LogP contribution in [-0.2, 0) is 33.6 Å². The molecule has 0 unspecified atom stereocenters. The number of methoxy groups -OCH3 is 1. The second kappa shape index (κ2) is 15.2. The van der Waals surface area contributed by atoms with Crippen LogP contribution in [0.5, 0.6) is 11.5 Å². The van der Waals surface area contributed by atoms with Gasteiger partial charge in [-0.1, -0.05) is 38.3 Å². The summed E-state index contributed by atoms with van der Waals surface area (Å²) < 4.78 is 10.8. The molecule has 2 heterocycles. The lowest BCUT2D eigenvalue weighted by Gasteiger charge is -2.33. The van der Waals surface area contributed by atoms with Crippen LogP contribution in [0.1, 0.15) is 88.3 Å². The number of ketones is 1. The molecule has 2 aliphatic rings. The molecular weight excluding hydrogens is 542 g/mol. The first kappa shape index (κ1) is 32.2. The van der Waals surface area contributed by atoms with Gasteiger partial charge in [-0.25, -0.2) is 0 Å². The number of aryl methyl sites for hydroxylation is 1. The molecule has 1 aliphatic carbocycles. The van der Waals surface area contributed by atoms with E-state index in [9.17, 15) is 14.7 Å². The lowest BCUT2D eigenvalue weighted by atomic mass is 9.72. The number of allylic oxidation sites excluding steroid dienone is 2. The third-order valence-corrected chi connectivity index (χ3v) is 9.28. The highest BCUT2D eigenvalue weighted by Crippen LogP contribution is 2.48. The van der Waals surface area contributed by atoms with Crippen LogP contribution in [0.4, 0.5) is 0 Å². The van der Waals surface area contributed by atoms with E-state index in [1.165, 1.54) is 56.4 Å². The number of Topliss-reactive ketones (excluding diaryl/α,β-unsaturated/α-hetero) is 1. The van der Waals surface area contributed by atoms with E-state index in [1.54, 1.807) is 18.2 Å². The molecule has 4 rings (SSSR count). The molecule has 0 bridgehead atoms. The highest BCUT2D eigenvalue weighted by atomic mass is 16.5. The summed E-state index contributed by atoms with van der Waals surface area (Å²) in [7, 11) is 1.50. The van der Waals surface area contributed by atoms with Crippen molar-refractivity contribution in [2.45, 2.75) is 97.0 Å². The van der Waals surface area contributed by atoms with E-state index >= 15 is 0 Å². The van der Waals surface area contributed by atoms with E-state index in [0.717, 1.165) is 43.6 Å². The molecule has 2 aromatic rings.